The Morgan fingerprint density at radius 3 is 2.54 bits per heavy atom. The Balaban J connectivity index is 0.000000706. The maximum atomic E-state index is 5.82. The molecule has 0 radical (unpaired) electrons. The number of pyridine rings is 1. The van der Waals surface area contributed by atoms with Gasteiger partial charge in [-0.15, -0.1) is 0 Å². The van der Waals surface area contributed by atoms with Gasteiger partial charge in [0.1, 0.15) is 18.1 Å². The van der Waals surface area contributed by atoms with Crippen LogP contribution in [-0.2, 0) is 0 Å². The van der Waals surface area contributed by atoms with Crippen LogP contribution in [-0.4, -0.2) is 34.0 Å². The molecule has 0 spiro atoms. The van der Waals surface area contributed by atoms with E-state index in [1.807, 2.05) is 43.5 Å². The van der Waals surface area contributed by atoms with Crippen LogP contribution < -0.4 is 15.2 Å². The summed E-state index contributed by atoms with van der Waals surface area (Å²) in [6.45, 7) is 7.42. The van der Waals surface area contributed by atoms with Crippen LogP contribution >= 0.6 is 0 Å². The van der Waals surface area contributed by atoms with Crippen molar-refractivity contribution in [2.45, 2.75) is 46.1 Å². The average Bonchev–Trinajstić information content (AvgIpc) is 3.42. The highest BCUT2D eigenvalue weighted by molar-refractivity contribution is 5.80. The molecule has 6 nitrogen and oxygen atoms in total. The third-order valence-corrected chi connectivity index (χ3v) is 4.13. The lowest BCUT2D eigenvalue weighted by Crippen LogP contribution is -2.23. The minimum atomic E-state index is -0.00702. The summed E-state index contributed by atoms with van der Waals surface area (Å²) < 4.78 is 13.1. The highest BCUT2D eigenvalue weighted by Crippen LogP contribution is 2.30. The summed E-state index contributed by atoms with van der Waals surface area (Å²) in [7, 11) is 0. The summed E-state index contributed by atoms with van der Waals surface area (Å²) >= 11 is 0. The van der Waals surface area contributed by atoms with E-state index in [1.54, 1.807) is 10.9 Å². The Labute approximate surface area is 166 Å². The summed E-state index contributed by atoms with van der Waals surface area (Å²) in [5, 5.41) is 5.66. The number of nitrogens with two attached hydrogens (primary N) is 1. The maximum absolute atomic E-state index is 5.82. The van der Waals surface area contributed by atoms with Crippen molar-refractivity contribution < 1.29 is 9.47 Å². The monoisotopic (exact) mass is 382 g/mol. The first-order valence-corrected chi connectivity index (χ1v) is 10.1. The van der Waals surface area contributed by atoms with Crippen LogP contribution in [0.5, 0.6) is 11.5 Å². The molecule has 1 aliphatic rings. The third-order valence-electron chi connectivity index (χ3n) is 4.13. The van der Waals surface area contributed by atoms with Gasteiger partial charge in [0.15, 0.2) is 5.82 Å². The lowest BCUT2D eigenvalue weighted by molar-refractivity contribution is 0.295. The normalized spacial score (nSPS) is 14.3. The van der Waals surface area contributed by atoms with Crippen molar-refractivity contribution in [3.8, 4) is 17.3 Å². The second-order valence-electron chi connectivity index (χ2n) is 7.40. The fourth-order valence-corrected chi connectivity index (χ4v) is 2.52. The predicted molar refractivity (Wildman–Crippen MR) is 112 cm³/mol. The molecule has 4 rings (SSSR count). The van der Waals surface area contributed by atoms with Gasteiger partial charge in [-0.3, -0.25) is 0 Å². The van der Waals surface area contributed by atoms with Gasteiger partial charge in [-0.2, -0.15) is 5.10 Å². The van der Waals surface area contributed by atoms with E-state index in [0.717, 1.165) is 35.0 Å². The van der Waals surface area contributed by atoms with E-state index in [9.17, 15) is 0 Å². The van der Waals surface area contributed by atoms with E-state index in [0.29, 0.717) is 12.4 Å². The van der Waals surface area contributed by atoms with E-state index in [2.05, 4.69) is 23.9 Å². The van der Waals surface area contributed by atoms with Gasteiger partial charge >= 0.3 is 0 Å². The smallest absolute Gasteiger partial charge is 0.153 e. The number of rotatable bonds is 7. The van der Waals surface area contributed by atoms with Crippen molar-refractivity contribution in [2.24, 2.45) is 11.7 Å². The molecule has 6 heteroatoms. The SMILES string of the molecule is CCC.C[C@H](N)COc1ccc(-n2cc3ccc(OCC4CC4)cc3n2)nc1. The predicted octanol–water partition coefficient (Wildman–Crippen LogP) is 4.35. The molecule has 1 aromatic carbocycles. The Kier molecular flexibility index (Phi) is 6.87. The number of hydrogen-bond acceptors (Lipinski definition) is 5. The molecule has 1 aliphatic carbocycles. The molecule has 2 N–H and O–H groups in total. The molecule has 0 bridgehead atoms. The largest absolute Gasteiger partial charge is 0.493 e. The number of nitrogens with zero attached hydrogens (tertiary/aromatic N) is 3. The van der Waals surface area contributed by atoms with Gasteiger partial charge in [0.2, 0.25) is 0 Å². The molecule has 0 saturated heterocycles. The number of benzene rings is 1. The molecule has 0 amide bonds. The van der Waals surface area contributed by atoms with Gasteiger partial charge in [-0.05, 0) is 49.9 Å². The highest BCUT2D eigenvalue weighted by Gasteiger charge is 2.21. The lowest BCUT2D eigenvalue weighted by atomic mass is 10.2. The molecule has 1 saturated carbocycles. The van der Waals surface area contributed by atoms with E-state index in [1.165, 1.54) is 19.3 Å². The zero-order valence-corrected chi connectivity index (χ0v) is 17.0. The van der Waals surface area contributed by atoms with Crippen LogP contribution in [0, 0.1) is 5.92 Å². The summed E-state index contributed by atoms with van der Waals surface area (Å²) in [5.41, 5.74) is 6.58. The van der Waals surface area contributed by atoms with Crippen molar-refractivity contribution in [1.29, 1.82) is 0 Å². The fourth-order valence-electron chi connectivity index (χ4n) is 2.52. The zero-order valence-electron chi connectivity index (χ0n) is 17.0. The number of ether oxygens (including phenoxy) is 2. The molecule has 0 aliphatic heterocycles. The third kappa shape index (κ3) is 5.70. The molecule has 1 fully saturated rings. The Hall–Kier alpha value is -2.60. The minimum Gasteiger partial charge on any atom is -0.493 e. The van der Waals surface area contributed by atoms with Crippen LogP contribution in [0.3, 0.4) is 0 Å². The molecule has 28 heavy (non-hydrogen) atoms. The van der Waals surface area contributed by atoms with Crippen LogP contribution in [0.25, 0.3) is 16.7 Å². The summed E-state index contributed by atoms with van der Waals surface area (Å²) in [5.74, 6) is 3.05. The summed E-state index contributed by atoms with van der Waals surface area (Å²) in [6.07, 6.45) is 7.47. The van der Waals surface area contributed by atoms with Gasteiger partial charge in [0.25, 0.3) is 0 Å². The van der Waals surface area contributed by atoms with Crippen LogP contribution in [0.2, 0.25) is 0 Å². The van der Waals surface area contributed by atoms with Crippen molar-refractivity contribution in [3.05, 3.63) is 42.7 Å². The average molecular weight is 383 g/mol. The molecule has 2 aromatic heterocycles. The standard InChI is InChI=1S/C19H22N4O2.C3H8/c1-13(20)11-24-17-6-7-19(21-9-17)23-10-15-4-5-16(8-18(15)22-23)25-12-14-2-3-14;1-3-2/h4-10,13-14H,2-3,11-12,20H2,1H3;3H2,1-2H3/t13-;/m0./s1. The van der Waals surface area contributed by atoms with Gasteiger partial charge in [0, 0.05) is 23.7 Å². The van der Waals surface area contributed by atoms with Crippen LogP contribution in [0.1, 0.15) is 40.0 Å². The van der Waals surface area contributed by atoms with Gasteiger partial charge in [-0.1, -0.05) is 20.3 Å². The minimum absolute atomic E-state index is 0.00702. The van der Waals surface area contributed by atoms with Crippen molar-refractivity contribution in [2.75, 3.05) is 13.2 Å². The lowest BCUT2D eigenvalue weighted by Gasteiger charge is -2.08. The molecule has 0 unspecified atom stereocenters. The van der Waals surface area contributed by atoms with E-state index in [4.69, 9.17) is 15.2 Å². The quantitative estimate of drug-likeness (QED) is 0.657. The van der Waals surface area contributed by atoms with Gasteiger partial charge < -0.3 is 15.2 Å². The first-order chi connectivity index (χ1) is 13.6. The van der Waals surface area contributed by atoms with Gasteiger partial charge in [0.05, 0.1) is 18.3 Å². The molecule has 2 heterocycles. The number of hydrogen-bond donors (Lipinski definition) is 1. The molecule has 1 atom stereocenters. The molecular formula is C22H30N4O2. The van der Waals surface area contributed by atoms with Crippen LogP contribution in [0.15, 0.2) is 42.7 Å². The Bertz CT molecular complexity index is 870. The maximum Gasteiger partial charge on any atom is 0.153 e. The van der Waals surface area contributed by atoms with E-state index < -0.39 is 0 Å². The first-order valence-electron chi connectivity index (χ1n) is 10.1. The summed E-state index contributed by atoms with van der Waals surface area (Å²) in [6, 6.07) is 9.76. The Morgan fingerprint density at radius 1 is 1.14 bits per heavy atom. The van der Waals surface area contributed by atoms with Crippen molar-refractivity contribution in [3.63, 3.8) is 0 Å². The van der Waals surface area contributed by atoms with Crippen LogP contribution in [0.4, 0.5) is 0 Å². The van der Waals surface area contributed by atoms with Crippen molar-refractivity contribution >= 4 is 10.9 Å². The molecule has 150 valence electrons. The van der Waals surface area contributed by atoms with Crippen molar-refractivity contribution in [1.82, 2.24) is 14.8 Å². The van der Waals surface area contributed by atoms with Gasteiger partial charge in [-0.25, -0.2) is 9.67 Å². The highest BCUT2D eigenvalue weighted by atomic mass is 16.5. The summed E-state index contributed by atoms with van der Waals surface area (Å²) in [4.78, 5) is 4.42. The molecule has 3 aromatic rings. The fraction of sp³-hybridized carbons (Fsp3) is 0.455. The van der Waals surface area contributed by atoms with E-state index >= 15 is 0 Å². The zero-order chi connectivity index (χ0) is 19.9. The molecular weight excluding hydrogens is 352 g/mol. The second kappa shape index (κ2) is 9.55. The van der Waals surface area contributed by atoms with E-state index in [-0.39, 0.29) is 6.04 Å². The first kappa shape index (κ1) is 20.1. The topological polar surface area (TPSA) is 75.2 Å². The number of fused-ring (bicyclic) bond motifs is 1. The second-order valence-corrected chi connectivity index (χ2v) is 7.40. The number of aromatic nitrogens is 3. The Morgan fingerprint density at radius 2 is 1.89 bits per heavy atom.